The van der Waals surface area contributed by atoms with Gasteiger partial charge in [0.05, 0.1) is 11.4 Å². The molecule has 0 fully saturated rings. The van der Waals surface area contributed by atoms with Crippen molar-refractivity contribution >= 4 is 11.4 Å². The molecule has 1 heterocycles. The van der Waals surface area contributed by atoms with Crippen LogP contribution in [0.1, 0.15) is 13.8 Å². The molecule has 3 N–H and O–H groups in total. The number of phenols is 2. The minimum absolute atomic E-state index is 0.143. The average Bonchev–Trinajstić information content (AvgIpc) is 2.38. The zero-order valence-corrected chi connectivity index (χ0v) is 10.3. The Hall–Kier alpha value is -2.36. The highest BCUT2D eigenvalue weighted by atomic mass is 16.5. The van der Waals surface area contributed by atoms with Crippen molar-refractivity contribution in [3.8, 4) is 23.0 Å². The molecule has 0 radical (unpaired) electrons. The summed E-state index contributed by atoms with van der Waals surface area (Å²) >= 11 is 0. The quantitative estimate of drug-likeness (QED) is 0.524. The Morgan fingerprint density at radius 3 is 1.72 bits per heavy atom. The second-order valence-corrected chi connectivity index (χ2v) is 3.59. The molecule has 1 aliphatic heterocycles. The van der Waals surface area contributed by atoms with Gasteiger partial charge in [-0.3, -0.25) is 0 Å². The largest absolute Gasteiger partial charge is 0.508 e. The predicted octanol–water partition coefficient (Wildman–Crippen LogP) is 3.97. The van der Waals surface area contributed by atoms with Gasteiger partial charge in [0.25, 0.3) is 0 Å². The zero-order valence-electron chi connectivity index (χ0n) is 10.3. The molecular formula is C14H15NO3. The maximum Gasteiger partial charge on any atom is 0.154 e. The second-order valence-electron chi connectivity index (χ2n) is 3.59. The van der Waals surface area contributed by atoms with E-state index in [1.807, 2.05) is 13.8 Å². The summed E-state index contributed by atoms with van der Waals surface area (Å²) in [5.74, 6) is 1.37. The number of ether oxygens (including phenoxy) is 1. The maximum atomic E-state index is 9.33. The van der Waals surface area contributed by atoms with E-state index in [0.29, 0.717) is 11.5 Å². The maximum absolute atomic E-state index is 9.33. The molecule has 3 rings (SSSR count). The summed E-state index contributed by atoms with van der Waals surface area (Å²) < 4.78 is 5.56. The van der Waals surface area contributed by atoms with Crippen LogP contribution in [0.5, 0.6) is 23.0 Å². The van der Waals surface area contributed by atoms with Gasteiger partial charge in [0.1, 0.15) is 11.5 Å². The molecule has 2 aromatic rings. The van der Waals surface area contributed by atoms with Gasteiger partial charge in [0.15, 0.2) is 11.5 Å². The van der Waals surface area contributed by atoms with Gasteiger partial charge < -0.3 is 20.3 Å². The number of nitrogens with one attached hydrogen (secondary N) is 1. The van der Waals surface area contributed by atoms with Crippen molar-refractivity contribution in [3.05, 3.63) is 36.4 Å². The summed E-state index contributed by atoms with van der Waals surface area (Å²) in [5, 5.41) is 21.8. The molecule has 1 aliphatic rings. The van der Waals surface area contributed by atoms with Crippen LogP contribution >= 0.6 is 0 Å². The fourth-order valence-electron chi connectivity index (χ4n) is 1.66. The Balaban J connectivity index is 0.000000574. The van der Waals surface area contributed by atoms with Crippen molar-refractivity contribution in [1.82, 2.24) is 0 Å². The third-order valence-electron chi connectivity index (χ3n) is 2.42. The first-order chi connectivity index (χ1) is 8.72. The monoisotopic (exact) mass is 245 g/mol. The zero-order chi connectivity index (χ0) is 13.1. The predicted molar refractivity (Wildman–Crippen MR) is 70.9 cm³/mol. The van der Waals surface area contributed by atoms with E-state index in [-0.39, 0.29) is 11.5 Å². The molecule has 0 bridgehead atoms. The van der Waals surface area contributed by atoms with Gasteiger partial charge in [0.2, 0.25) is 0 Å². The highest BCUT2D eigenvalue weighted by Gasteiger charge is 2.16. The Labute approximate surface area is 105 Å². The second kappa shape index (κ2) is 4.87. The van der Waals surface area contributed by atoms with E-state index in [2.05, 4.69) is 5.32 Å². The van der Waals surface area contributed by atoms with Crippen molar-refractivity contribution < 1.29 is 14.9 Å². The number of fused-ring (bicyclic) bond motifs is 2. The molecule has 0 atom stereocenters. The molecule has 0 saturated heterocycles. The summed E-state index contributed by atoms with van der Waals surface area (Å²) in [6.07, 6.45) is 0. The molecule has 0 amide bonds. The molecule has 4 nitrogen and oxygen atoms in total. The van der Waals surface area contributed by atoms with E-state index in [0.717, 1.165) is 11.4 Å². The van der Waals surface area contributed by atoms with Crippen LogP contribution in [0.15, 0.2) is 36.4 Å². The minimum Gasteiger partial charge on any atom is -0.508 e. The van der Waals surface area contributed by atoms with Crippen molar-refractivity contribution in [2.75, 3.05) is 5.32 Å². The van der Waals surface area contributed by atoms with Crippen LogP contribution in [-0.4, -0.2) is 10.2 Å². The van der Waals surface area contributed by atoms with Crippen molar-refractivity contribution in [1.29, 1.82) is 0 Å². The summed E-state index contributed by atoms with van der Waals surface area (Å²) in [6.45, 7) is 4.00. The fourth-order valence-corrected chi connectivity index (χ4v) is 1.66. The van der Waals surface area contributed by atoms with Crippen LogP contribution in [0.3, 0.4) is 0 Å². The molecule has 4 heteroatoms. The van der Waals surface area contributed by atoms with E-state index >= 15 is 0 Å². The SMILES string of the molecule is CC.Oc1ccc2c(c1)Oc1cc(O)ccc1N2. The lowest BCUT2D eigenvalue weighted by Gasteiger charge is -2.21. The van der Waals surface area contributed by atoms with Gasteiger partial charge in [0, 0.05) is 12.1 Å². The summed E-state index contributed by atoms with van der Waals surface area (Å²) in [5.41, 5.74) is 1.58. The first kappa shape index (κ1) is 12.1. The number of rotatable bonds is 0. The van der Waals surface area contributed by atoms with Crippen LogP contribution in [0.4, 0.5) is 11.4 Å². The third-order valence-corrected chi connectivity index (χ3v) is 2.42. The molecule has 18 heavy (non-hydrogen) atoms. The number of hydrogen-bond donors (Lipinski definition) is 3. The van der Waals surface area contributed by atoms with Crippen LogP contribution in [0.2, 0.25) is 0 Å². The van der Waals surface area contributed by atoms with Gasteiger partial charge >= 0.3 is 0 Å². The van der Waals surface area contributed by atoms with Crippen LogP contribution in [-0.2, 0) is 0 Å². The van der Waals surface area contributed by atoms with E-state index in [1.54, 1.807) is 24.3 Å². The highest BCUT2D eigenvalue weighted by molar-refractivity contribution is 5.76. The van der Waals surface area contributed by atoms with E-state index in [9.17, 15) is 10.2 Å². The summed E-state index contributed by atoms with van der Waals surface area (Å²) in [6, 6.07) is 9.69. The molecule has 0 aliphatic carbocycles. The van der Waals surface area contributed by atoms with E-state index in [1.165, 1.54) is 12.1 Å². The normalized spacial score (nSPS) is 11.0. The molecule has 2 aromatic carbocycles. The van der Waals surface area contributed by atoms with Crippen LogP contribution in [0.25, 0.3) is 0 Å². The van der Waals surface area contributed by atoms with Crippen LogP contribution in [0, 0.1) is 0 Å². The molecule has 0 spiro atoms. The van der Waals surface area contributed by atoms with Crippen LogP contribution < -0.4 is 10.1 Å². The standard InChI is InChI=1S/C12H9NO3.C2H6/c14-7-1-3-9-11(5-7)16-12-6-8(15)2-4-10(12)13-9;1-2/h1-6,13-15H;1-2H3. The topological polar surface area (TPSA) is 61.7 Å². The average molecular weight is 245 g/mol. The molecule has 0 unspecified atom stereocenters. The van der Waals surface area contributed by atoms with E-state index in [4.69, 9.17) is 4.74 Å². The van der Waals surface area contributed by atoms with Gasteiger partial charge in [-0.05, 0) is 24.3 Å². The van der Waals surface area contributed by atoms with Crippen molar-refractivity contribution in [3.63, 3.8) is 0 Å². The minimum atomic E-state index is 0.143. The van der Waals surface area contributed by atoms with Crippen molar-refractivity contribution in [2.24, 2.45) is 0 Å². The van der Waals surface area contributed by atoms with Gasteiger partial charge in [-0.1, -0.05) is 13.8 Å². The smallest absolute Gasteiger partial charge is 0.154 e. The molecular weight excluding hydrogens is 230 g/mol. The Morgan fingerprint density at radius 2 is 1.28 bits per heavy atom. The molecule has 0 aromatic heterocycles. The summed E-state index contributed by atoms with van der Waals surface area (Å²) in [4.78, 5) is 0. The Bertz CT molecular complexity index is 517. The molecule has 0 saturated carbocycles. The number of anilines is 2. The number of phenolic OH excluding ortho intramolecular Hbond substituents is 2. The molecule has 94 valence electrons. The summed E-state index contributed by atoms with van der Waals surface area (Å²) in [7, 11) is 0. The van der Waals surface area contributed by atoms with Crippen molar-refractivity contribution in [2.45, 2.75) is 13.8 Å². The Morgan fingerprint density at radius 1 is 0.833 bits per heavy atom. The first-order valence-electron chi connectivity index (χ1n) is 5.83. The van der Waals surface area contributed by atoms with Gasteiger partial charge in [-0.15, -0.1) is 0 Å². The number of benzene rings is 2. The fraction of sp³-hybridized carbons (Fsp3) is 0.143. The number of hydrogen-bond acceptors (Lipinski definition) is 4. The van der Waals surface area contributed by atoms with Gasteiger partial charge in [-0.2, -0.15) is 0 Å². The first-order valence-corrected chi connectivity index (χ1v) is 5.83. The lowest BCUT2D eigenvalue weighted by atomic mass is 10.2. The van der Waals surface area contributed by atoms with Gasteiger partial charge in [-0.25, -0.2) is 0 Å². The van der Waals surface area contributed by atoms with E-state index < -0.39 is 0 Å². The number of aromatic hydroxyl groups is 2. The lowest BCUT2D eigenvalue weighted by molar-refractivity contribution is 0.445. The third kappa shape index (κ3) is 2.18. The highest BCUT2D eigenvalue weighted by Crippen LogP contribution is 2.44. The Kier molecular flexibility index (Phi) is 3.28. The lowest BCUT2D eigenvalue weighted by Crippen LogP contribution is -2.02.